The number of esters is 1. The Morgan fingerprint density at radius 2 is 2.20 bits per heavy atom. The maximum absolute atomic E-state index is 11.9. The Morgan fingerprint density at radius 1 is 1.50 bits per heavy atom. The molecule has 0 fully saturated rings. The summed E-state index contributed by atoms with van der Waals surface area (Å²) in [5.41, 5.74) is 5.85. The number of carbonyl (C=O) groups is 2. The number of anilines is 1. The van der Waals surface area contributed by atoms with Gasteiger partial charge in [0.2, 0.25) is 5.91 Å². The molecule has 1 atom stereocenters. The number of methoxy groups -OCH3 is 1. The van der Waals surface area contributed by atoms with Crippen LogP contribution in [0.2, 0.25) is 0 Å². The summed E-state index contributed by atoms with van der Waals surface area (Å²) < 4.78 is 10.0. The lowest BCUT2D eigenvalue weighted by Crippen LogP contribution is -2.28. The molecule has 0 saturated carbocycles. The summed E-state index contributed by atoms with van der Waals surface area (Å²) in [6.07, 6.45) is -0.186. The highest BCUT2D eigenvalue weighted by molar-refractivity contribution is 7.16. The van der Waals surface area contributed by atoms with E-state index in [2.05, 4.69) is 5.32 Å². The number of amides is 1. The van der Waals surface area contributed by atoms with Gasteiger partial charge in [-0.25, -0.2) is 4.79 Å². The van der Waals surface area contributed by atoms with Crippen molar-refractivity contribution in [1.29, 1.82) is 0 Å². The first-order valence-corrected chi connectivity index (χ1v) is 7.13. The summed E-state index contributed by atoms with van der Waals surface area (Å²) in [6.45, 7) is 4.15. The number of hydrogen-bond donors (Lipinski definition) is 2. The third kappa shape index (κ3) is 4.59. The molecular weight excluding hydrogens is 280 g/mol. The van der Waals surface area contributed by atoms with Crippen LogP contribution in [-0.4, -0.2) is 38.2 Å². The van der Waals surface area contributed by atoms with Crippen LogP contribution in [0.1, 0.15) is 28.6 Å². The van der Waals surface area contributed by atoms with Crippen molar-refractivity contribution in [1.82, 2.24) is 0 Å². The first-order valence-electron chi connectivity index (χ1n) is 6.32. The monoisotopic (exact) mass is 300 g/mol. The van der Waals surface area contributed by atoms with Crippen LogP contribution in [0, 0.1) is 6.92 Å². The Balaban J connectivity index is 2.76. The Labute approximate surface area is 122 Å². The predicted molar refractivity (Wildman–Crippen MR) is 78.1 cm³/mol. The lowest BCUT2D eigenvalue weighted by Gasteiger charge is -2.12. The fourth-order valence-corrected chi connectivity index (χ4v) is 2.53. The van der Waals surface area contributed by atoms with Crippen molar-refractivity contribution in [3.05, 3.63) is 16.5 Å². The molecule has 0 aromatic carbocycles. The third-order valence-corrected chi connectivity index (χ3v) is 3.58. The zero-order valence-electron chi connectivity index (χ0n) is 11.9. The van der Waals surface area contributed by atoms with Gasteiger partial charge >= 0.3 is 5.97 Å². The van der Waals surface area contributed by atoms with Crippen LogP contribution in [0.15, 0.2) is 6.07 Å². The predicted octanol–water partition coefficient (Wildman–Crippen LogP) is 1.54. The summed E-state index contributed by atoms with van der Waals surface area (Å²) >= 11 is 1.33. The molecule has 1 aromatic heterocycles. The SMILES string of the molecule is CCOC(=O)c1cc(C)sc1NC(=O)CC(CN)OC. The van der Waals surface area contributed by atoms with E-state index in [-0.39, 0.29) is 25.0 Å². The molecule has 1 amide bonds. The van der Waals surface area contributed by atoms with Crippen molar-refractivity contribution >= 4 is 28.2 Å². The van der Waals surface area contributed by atoms with E-state index >= 15 is 0 Å². The fraction of sp³-hybridized carbons (Fsp3) is 0.538. The lowest BCUT2D eigenvalue weighted by atomic mass is 10.2. The van der Waals surface area contributed by atoms with Crippen LogP contribution < -0.4 is 11.1 Å². The van der Waals surface area contributed by atoms with Crippen molar-refractivity contribution in [2.24, 2.45) is 5.73 Å². The minimum Gasteiger partial charge on any atom is -0.462 e. The van der Waals surface area contributed by atoms with Gasteiger partial charge in [0.15, 0.2) is 0 Å². The zero-order valence-corrected chi connectivity index (χ0v) is 12.7. The molecule has 1 heterocycles. The molecule has 1 unspecified atom stereocenters. The molecule has 6 nitrogen and oxygen atoms in total. The maximum atomic E-state index is 11.9. The second kappa shape index (κ2) is 7.98. The Morgan fingerprint density at radius 3 is 2.75 bits per heavy atom. The van der Waals surface area contributed by atoms with Crippen LogP contribution in [0.4, 0.5) is 5.00 Å². The van der Waals surface area contributed by atoms with Gasteiger partial charge in [-0.1, -0.05) is 0 Å². The van der Waals surface area contributed by atoms with E-state index in [9.17, 15) is 9.59 Å². The topological polar surface area (TPSA) is 90.7 Å². The van der Waals surface area contributed by atoms with Gasteiger partial charge in [-0.2, -0.15) is 0 Å². The number of hydrogen-bond acceptors (Lipinski definition) is 6. The van der Waals surface area contributed by atoms with E-state index in [1.165, 1.54) is 18.4 Å². The highest BCUT2D eigenvalue weighted by Crippen LogP contribution is 2.28. The number of aryl methyl sites for hydroxylation is 1. The molecule has 1 aromatic rings. The molecule has 7 heteroatoms. The third-order valence-electron chi connectivity index (χ3n) is 2.61. The maximum Gasteiger partial charge on any atom is 0.341 e. The molecule has 112 valence electrons. The highest BCUT2D eigenvalue weighted by Gasteiger charge is 2.19. The molecule has 0 saturated heterocycles. The van der Waals surface area contributed by atoms with E-state index in [0.29, 0.717) is 17.2 Å². The summed E-state index contributed by atoms with van der Waals surface area (Å²) in [7, 11) is 1.50. The fourth-order valence-electron chi connectivity index (χ4n) is 1.61. The molecule has 0 bridgehead atoms. The smallest absolute Gasteiger partial charge is 0.341 e. The van der Waals surface area contributed by atoms with Gasteiger partial charge in [0.1, 0.15) is 5.00 Å². The number of thiophene rings is 1. The van der Waals surface area contributed by atoms with Gasteiger partial charge in [0, 0.05) is 18.5 Å². The zero-order chi connectivity index (χ0) is 15.1. The molecule has 0 aliphatic heterocycles. The number of rotatable bonds is 7. The van der Waals surface area contributed by atoms with Gasteiger partial charge in [0.25, 0.3) is 0 Å². The van der Waals surface area contributed by atoms with E-state index in [0.717, 1.165) is 4.88 Å². The number of carbonyl (C=O) groups excluding carboxylic acids is 2. The van der Waals surface area contributed by atoms with Crippen molar-refractivity contribution in [2.45, 2.75) is 26.4 Å². The van der Waals surface area contributed by atoms with E-state index in [1.807, 2.05) is 6.92 Å². The van der Waals surface area contributed by atoms with Crippen molar-refractivity contribution in [3.8, 4) is 0 Å². The van der Waals surface area contributed by atoms with Crippen LogP contribution in [0.25, 0.3) is 0 Å². The van der Waals surface area contributed by atoms with E-state index in [1.54, 1.807) is 13.0 Å². The van der Waals surface area contributed by atoms with Crippen molar-refractivity contribution in [2.75, 3.05) is 25.6 Å². The number of nitrogens with one attached hydrogen (secondary N) is 1. The van der Waals surface area contributed by atoms with Crippen LogP contribution in [0.3, 0.4) is 0 Å². The molecule has 0 aliphatic carbocycles. The second-order valence-electron chi connectivity index (χ2n) is 4.17. The van der Waals surface area contributed by atoms with Crippen molar-refractivity contribution < 1.29 is 19.1 Å². The van der Waals surface area contributed by atoms with Gasteiger partial charge in [-0.05, 0) is 19.9 Å². The van der Waals surface area contributed by atoms with Gasteiger partial charge in [-0.15, -0.1) is 11.3 Å². The van der Waals surface area contributed by atoms with E-state index in [4.69, 9.17) is 15.2 Å². The first-order chi connectivity index (χ1) is 9.51. The van der Waals surface area contributed by atoms with Crippen molar-refractivity contribution in [3.63, 3.8) is 0 Å². The van der Waals surface area contributed by atoms with Gasteiger partial charge in [-0.3, -0.25) is 4.79 Å². The highest BCUT2D eigenvalue weighted by atomic mass is 32.1. The Bertz CT molecular complexity index is 469. The van der Waals surface area contributed by atoms with Crippen LogP contribution in [-0.2, 0) is 14.3 Å². The second-order valence-corrected chi connectivity index (χ2v) is 5.42. The first kappa shape index (κ1) is 16.6. The standard InChI is InChI=1S/C13H20N2O4S/c1-4-19-13(17)10-5-8(2)20-12(10)15-11(16)6-9(7-14)18-3/h5,9H,4,6-7,14H2,1-3H3,(H,15,16). The molecule has 0 spiro atoms. The average molecular weight is 300 g/mol. The molecule has 1 rings (SSSR count). The molecular formula is C13H20N2O4S. The number of ether oxygens (including phenoxy) is 2. The Kier molecular flexibility index (Phi) is 6.63. The molecule has 0 radical (unpaired) electrons. The summed E-state index contributed by atoms with van der Waals surface area (Å²) in [5, 5.41) is 3.21. The van der Waals surface area contributed by atoms with Crippen LogP contribution >= 0.6 is 11.3 Å². The summed E-state index contributed by atoms with van der Waals surface area (Å²) in [4.78, 5) is 24.6. The molecule has 3 N–H and O–H groups in total. The van der Waals surface area contributed by atoms with E-state index < -0.39 is 5.97 Å². The molecule has 20 heavy (non-hydrogen) atoms. The molecule has 0 aliphatic rings. The number of nitrogens with two attached hydrogens (primary N) is 1. The average Bonchev–Trinajstić information content (AvgIpc) is 2.77. The summed E-state index contributed by atoms with van der Waals surface area (Å²) in [6, 6.07) is 1.70. The minimum absolute atomic E-state index is 0.145. The van der Waals surface area contributed by atoms with Gasteiger partial charge in [0.05, 0.1) is 24.7 Å². The summed E-state index contributed by atoms with van der Waals surface area (Å²) in [5.74, 6) is -0.677. The Hall–Kier alpha value is -1.44. The largest absolute Gasteiger partial charge is 0.462 e. The lowest BCUT2D eigenvalue weighted by molar-refractivity contribution is -0.118. The quantitative estimate of drug-likeness (QED) is 0.745. The van der Waals surface area contributed by atoms with Crippen LogP contribution in [0.5, 0.6) is 0 Å². The minimum atomic E-state index is -0.436. The van der Waals surface area contributed by atoms with Gasteiger partial charge < -0.3 is 20.5 Å². The normalized spacial score (nSPS) is 12.0.